The molecule has 0 radical (unpaired) electrons. The van der Waals surface area contributed by atoms with Gasteiger partial charge in [0.2, 0.25) is 0 Å². The van der Waals surface area contributed by atoms with Gasteiger partial charge in [0.25, 0.3) is 0 Å². The van der Waals surface area contributed by atoms with E-state index < -0.39 is 12.0 Å². The van der Waals surface area contributed by atoms with Crippen LogP contribution < -0.4 is 10.2 Å². The summed E-state index contributed by atoms with van der Waals surface area (Å²) < 4.78 is 0. The number of aliphatic carboxylic acids is 1. The van der Waals surface area contributed by atoms with Crippen LogP contribution in [0.2, 0.25) is 0 Å². The monoisotopic (exact) mass is 378 g/mol. The smallest absolute Gasteiger partial charge is 0.320 e. The molecule has 1 aliphatic heterocycles. The molecule has 0 spiro atoms. The van der Waals surface area contributed by atoms with Crippen molar-refractivity contribution < 1.29 is 19.5 Å². The summed E-state index contributed by atoms with van der Waals surface area (Å²) in [4.78, 5) is 39.4. The number of anilines is 1. The molecule has 1 heterocycles. The summed E-state index contributed by atoms with van der Waals surface area (Å²) in [6, 6.07) is 11.8. The second-order valence-electron chi connectivity index (χ2n) is 7.36. The molecule has 6 nitrogen and oxygen atoms in total. The molecule has 1 fully saturated rings. The molecule has 1 saturated heterocycles. The van der Waals surface area contributed by atoms with Gasteiger partial charge in [-0.25, -0.2) is 0 Å². The number of nitrogens with one attached hydrogen (secondary N) is 1. The molecule has 0 aromatic heterocycles. The Kier molecular flexibility index (Phi) is 4.73. The molecular weight excluding hydrogens is 356 g/mol. The first-order chi connectivity index (χ1) is 13.5. The normalized spacial score (nSPS) is 19.3. The van der Waals surface area contributed by atoms with Gasteiger partial charge in [0.05, 0.1) is 5.56 Å². The van der Waals surface area contributed by atoms with Crippen LogP contribution in [0.3, 0.4) is 0 Å². The lowest BCUT2D eigenvalue weighted by atomic mass is 9.83. The van der Waals surface area contributed by atoms with Crippen molar-refractivity contribution in [3.8, 4) is 0 Å². The van der Waals surface area contributed by atoms with Gasteiger partial charge in [-0.3, -0.25) is 14.4 Å². The zero-order valence-electron chi connectivity index (χ0n) is 15.6. The molecule has 0 saturated carbocycles. The molecule has 0 unspecified atom stereocenters. The van der Waals surface area contributed by atoms with E-state index in [4.69, 9.17) is 5.11 Å². The van der Waals surface area contributed by atoms with E-state index in [1.807, 2.05) is 12.1 Å². The number of hydrogen-bond acceptors (Lipinski definition) is 5. The number of ketones is 2. The first kappa shape index (κ1) is 18.4. The summed E-state index contributed by atoms with van der Waals surface area (Å²) in [7, 11) is 0. The number of rotatable bonds is 5. The third-order valence-corrected chi connectivity index (χ3v) is 5.65. The lowest BCUT2D eigenvalue weighted by Crippen LogP contribution is -2.44. The maximum absolute atomic E-state index is 13.2. The minimum atomic E-state index is -0.890. The van der Waals surface area contributed by atoms with Gasteiger partial charge in [0.15, 0.2) is 11.6 Å². The van der Waals surface area contributed by atoms with Crippen LogP contribution in [0.5, 0.6) is 0 Å². The number of hydrogen-bond donors (Lipinski definition) is 2. The van der Waals surface area contributed by atoms with Crippen LogP contribution in [0.15, 0.2) is 42.5 Å². The second-order valence-corrected chi connectivity index (χ2v) is 7.36. The molecule has 1 aliphatic carbocycles. The molecule has 2 aromatic rings. The largest absolute Gasteiger partial charge is 0.480 e. The third kappa shape index (κ3) is 2.99. The Hall–Kier alpha value is -2.99. The molecule has 144 valence electrons. The highest BCUT2D eigenvalue weighted by molar-refractivity contribution is 6.30. The quantitative estimate of drug-likeness (QED) is 0.709. The highest BCUT2D eigenvalue weighted by atomic mass is 16.4. The highest BCUT2D eigenvalue weighted by Gasteiger charge is 2.35. The van der Waals surface area contributed by atoms with Crippen molar-refractivity contribution in [3.63, 3.8) is 0 Å². The number of nitrogens with zero attached hydrogens (tertiary/aromatic N) is 1. The molecule has 0 amide bonds. The fourth-order valence-corrected chi connectivity index (χ4v) is 4.13. The fraction of sp³-hybridized carbons (Fsp3) is 0.318. The molecule has 6 heteroatoms. The van der Waals surface area contributed by atoms with Gasteiger partial charge in [0, 0.05) is 41.5 Å². The summed E-state index contributed by atoms with van der Waals surface area (Å²) >= 11 is 0. The molecular formula is C22H22N2O4. The van der Waals surface area contributed by atoms with Gasteiger partial charge in [-0.05, 0) is 25.8 Å². The Morgan fingerprint density at radius 1 is 1.11 bits per heavy atom. The van der Waals surface area contributed by atoms with E-state index >= 15 is 0 Å². The predicted octanol–water partition coefficient (Wildman–Crippen LogP) is 2.49. The average molecular weight is 378 g/mol. The third-order valence-electron chi connectivity index (χ3n) is 5.65. The summed E-state index contributed by atoms with van der Waals surface area (Å²) in [5.74, 6) is -1.14. The molecule has 2 atom stereocenters. The van der Waals surface area contributed by atoms with Crippen LogP contribution in [-0.4, -0.2) is 47.8 Å². The van der Waals surface area contributed by atoms with E-state index in [0.717, 1.165) is 25.1 Å². The Morgan fingerprint density at radius 2 is 1.79 bits per heavy atom. The van der Waals surface area contributed by atoms with Gasteiger partial charge in [-0.1, -0.05) is 36.4 Å². The van der Waals surface area contributed by atoms with E-state index in [2.05, 4.69) is 10.2 Å². The Labute approximate surface area is 163 Å². The van der Waals surface area contributed by atoms with Crippen molar-refractivity contribution in [2.24, 2.45) is 0 Å². The molecule has 2 N–H and O–H groups in total. The van der Waals surface area contributed by atoms with Crippen LogP contribution in [-0.2, 0) is 4.79 Å². The van der Waals surface area contributed by atoms with E-state index in [1.165, 1.54) is 0 Å². The van der Waals surface area contributed by atoms with Crippen LogP contribution in [0.1, 0.15) is 51.6 Å². The van der Waals surface area contributed by atoms with E-state index in [-0.39, 0.29) is 17.6 Å². The average Bonchev–Trinajstić information content (AvgIpc) is 3.18. The SMILES string of the molecule is C[C@H](NC[C@@H]1CCCN1c1cccc2c1C(=O)c1ccccc1C2=O)C(=O)O. The summed E-state index contributed by atoms with van der Waals surface area (Å²) in [5, 5.41) is 12.1. The first-order valence-electron chi connectivity index (χ1n) is 9.53. The van der Waals surface area contributed by atoms with Gasteiger partial charge in [-0.2, -0.15) is 0 Å². The van der Waals surface area contributed by atoms with Crippen molar-refractivity contribution >= 4 is 23.2 Å². The lowest BCUT2D eigenvalue weighted by molar-refractivity contribution is -0.139. The van der Waals surface area contributed by atoms with Crippen LogP contribution in [0.4, 0.5) is 5.69 Å². The minimum absolute atomic E-state index is 0.0772. The maximum Gasteiger partial charge on any atom is 0.320 e. The lowest BCUT2D eigenvalue weighted by Gasteiger charge is -2.31. The molecule has 4 rings (SSSR count). The second kappa shape index (κ2) is 7.20. The number of carbonyl (C=O) groups excluding carboxylic acids is 2. The number of carbonyl (C=O) groups is 3. The van der Waals surface area contributed by atoms with Gasteiger partial charge in [-0.15, -0.1) is 0 Å². The summed E-state index contributed by atoms with van der Waals surface area (Å²) in [6.45, 7) is 2.90. The highest BCUT2D eigenvalue weighted by Crippen LogP contribution is 2.36. The number of benzene rings is 2. The van der Waals surface area contributed by atoms with E-state index in [0.29, 0.717) is 28.8 Å². The number of fused-ring (bicyclic) bond motifs is 2. The van der Waals surface area contributed by atoms with Gasteiger partial charge < -0.3 is 15.3 Å². The van der Waals surface area contributed by atoms with Crippen molar-refractivity contribution in [2.45, 2.75) is 31.8 Å². The van der Waals surface area contributed by atoms with Crippen LogP contribution in [0.25, 0.3) is 0 Å². The molecule has 2 aromatic carbocycles. The van der Waals surface area contributed by atoms with Crippen molar-refractivity contribution in [3.05, 3.63) is 64.7 Å². The van der Waals surface area contributed by atoms with Crippen molar-refractivity contribution in [1.82, 2.24) is 5.32 Å². The molecule has 2 aliphatic rings. The van der Waals surface area contributed by atoms with Crippen LogP contribution in [0, 0.1) is 0 Å². The van der Waals surface area contributed by atoms with Crippen LogP contribution >= 0.6 is 0 Å². The van der Waals surface area contributed by atoms with E-state index in [1.54, 1.807) is 37.3 Å². The standard InChI is InChI=1S/C22H22N2O4/c1-13(22(27)28)23-12-14-6-5-11-24(14)18-10-4-9-17-19(18)21(26)16-8-3-2-7-15(16)20(17)25/h2-4,7-10,13-14,23H,5-6,11-12H2,1H3,(H,27,28)/t13-,14-/m0/s1. The molecule has 28 heavy (non-hydrogen) atoms. The Balaban J connectivity index is 1.69. The fourth-order valence-electron chi connectivity index (χ4n) is 4.13. The van der Waals surface area contributed by atoms with Gasteiger partial charge in [0.1, 0.15) is 6.04 Å². The molecule has 0 bridgehead atoms. The van der Waals surface area contributed by atoms with E-state index in [9.17, 15) is 14.4 Å². The van der Waals surface area contributed by atoms with Crippen molar-refractivity contribution in [1.29, 1.82) is 0 Å². The van der Waals surface area contributed by atoms with Gasteiger partial charge >= 0.3 is 5.97 Å². The Bertz CT molecular complexity index is 969. The Morgan fingerprint density at radius 3 is 2.50 bits per heavy atom. The number of carboxylic acids is 1. The number of carboxylic acid groups (broad SMARTS) is 1. The maximum atomic E-state index is 13.2. The van der Waals surface area contributed by atoms with Crippen molar-refractivity contribution in [2.75, 3.05) is 18.0 Å². The summed E-state index contributed by atoms with van der Waals surface area (Å²) in [5.41, 5.74) is 2.56. The zero-order valence-corrected chi connectivity index (χ0v) is 15.6. The topological polar surface area (TPSA) is 86.7 Å². The zero-order chi connectivity index (χ0) is 19.8. The predicted molar refractivity (Wildman–Crippen MR) is 105 cm³/mol. The minimum Gasteiger partial charge on any atom is -0.480 e. The first-order valence-corrected chi connectivity index (χ1v) is 9.53. The summed E-state index contributed by atoms with van der Waals surface area (Å²) in [6.07, 6.45) is 1.86.